The number of esters is 1. The van der Waals surface area contributed by atoms with Gasteiger partial charge in [0.1, 0.15) is 18.1 Å². The fourth-order valence-electron chi connectivity index (χ4n) is 3.70. The Labute approximate surface area is 247 Å². The minimum atomic E-state index is -0.720. The molecule has 3 amide bonds. The Morgan fingerprint density at radius 1 is 1.15 bits per heavy atom. The highest BCUT2D eigenvalue weighted by Gasteiger charge is 2.36. The van der Waals surface area contributed by atoms with Gasteiger partial charge in [-0.2, -0.15) is 0 Å². The van der Waals surface area contributed by atoms with Crippen LogP contribution in [-0.4, -0.2) is 46.0 Å². The molecule has 1 N–H and O–H groups in total. The van der Waals surface area contributed by atoms with Crippen LogP contribution in [0.25, 0.3) is 17.4 Å². The second kappa shape index (κ2) is 13.0. The molecule has 0 saturated carbocycles. The SMILES string of the molecule is CCCCOC(=O)c1cc(NC(=O)CN2C(=O)S/C(=C/c3ccc(-c4ccc(Cl)cc4[N+](=O)[O-])o3)C2=O)ccc1Cl. The molecule has 1 saturated heterocycles. The first-order valence-electron chi connectivity index (χ1n) is 12.1. The van der Waals surface area contributed by atoms with Gasteiger partial charge in [0.25, 0.3) is 16.8 Å². The smallest absolute Gasteiger partial charge is 0.339 e. The maximum absolute atomic E-state index is 12.9. The Morgan fingerprint density at radius 2 is 1.93 bits per heavy atom. The number of unbranched alkanes of at least 4 members (excludes halogenated alkanes) is 1. The van der Waals surface area contributed by atoms with Crippen molar-refractivity contribution in [3.63, 3.8) is 0 Å². The van der Waals surface area contributed by atoms with Crippen molar-refractivity contribution in [2.45, 2.75) is 19.8 Å². The molecule has 11 nitrogen and oxygen atoms in total. The normalized spacial score (nSPS) is 14.0. The van der Waals surface area contributed by atoms with Gasteiger partial charge in [0.2, 0.25) is 5.91 Å². The lowest BCUT2D eigenvalue weighted by molar-refractivity contribution is -0.384. The first-order chi connectivity index (χ1) is 19.6. The lowest BCUT2D eigenvalue weighted by Crippen LogP contribution is -2.36. The van der Waals surface area contributed by atoms with Crippen LogP contribution in [0, 0.1) is 10.1 Å². The van der Waals surface area contributed by atoms with Crippen LogP contribution in [-0.2, 0) is 14.3 Å². The minimum Gasteiger partial charge on any atom is -0.462 e. The number of halogens is 2. The molecule has 0 bridgehead atoms. The van der Waals surface area contributed by atoms with Crippen molar-refractivity contribution >= 4 is 75.4 Å². The fourth-order valence-corrected chi connectivity index (χ4v) is 4.87. The van der Waals surface area contributed by atoms with Crippen molar-refractivity contribution in [3.8, 4) is 11.3 Å². The molecule has 14 heteroatoms. The van der Waals surface area contributed by atoms with Crippen LogP contribution in [0.1, 0.15) is 35.9 Å². The summed E-state index contributed by atoms with van der Waals surface area (Å²) in [5.41, 5.74) is 0.217. The van der Waals surface area contributed by atoms with Crippen LogP contribution in [0.15, 0.2) is 57.9 Å². The van der Waals surface area contributed by atoms with Gasteiger partial charge in [-0.05, 0) is 60.6 Å². The van der Waals surface area contributed by atoms with Crippen LogP contribution < -0.4 is 5.32 Å². The number of nitro benzene ring substituents is 1. The molecule has 1 aromatic heterocycles. The van der Waals surface area contributed by atoms with E-state index in [0.717, 1.165) is 11.3 Å². The summed E-state index contributed by atoms with van der Waals surface area (Å²) >= 11 is 12.6. The number of nitro groups is 1. The number of nitrogens with zero attached hydrogens (tertiary/aromatic N) is 2. The van der Waals surface area contributed by atoms with Gasteiger partial charge in [-0.15, -0.1) is 0 Å². The number of ether oxygens (including phenoxy) is 1. The molecule has 0 atom stereocenters. The molecule has 3 aromatic rings. The largest absolute Gasteiger partial charge is 0.462 e. The van der Waals surface area contributed by atoms with E-state index in [1.165, 1.54) is 54.6 Å². The van der Waals surface area contributed by atoms with Crippen molar-refractivity contribution in [1.29, 1.82) is 0 Å². The molecule has 0 radical (unpaired) electrons. The molecule has 0 spiro atoms. The summed E-state index contributed by atoms with van der Waals surface area (Å²) in [5.74, 6) is -1.71. The topological polar surface area (TPSA) is 149 Å². The standard InChI is InChI=1S/C27H21Cl2N3O8S/c1-2-3-10-39-26(35)19-12-16(5-8-20(19)29)30-24(33)14-31-25(34)23(41-27(31)36)13-17-6-9-22(40-17)18-7-4-15(28)11-21(18)32(37)38/h4-9,11-13H,2-3,10,14H2,1H3,(H,30,33)/b23-13+. The van der Waals surface area contributed by atoms with Crippen LogP contribution >= 0.6 is 35.0 Å². The zero-order valence-corrected chi connectivity index (χ0v) is 23.7. The predicted molar refractivity (Wildman–Crippen MR) is 154 cm³/mol. The highest BCUT2D eigenvalue weighted by Crippen LogP contribution is 2.36. The molecule has 0 unspecified atom stereocenters. The van der Waals surface area contributed by atoms with E-state index >= 15 is 0 Å². The molecule has 1 fully saturated rings. The van der Waals surface area contributed by atoms with E-state index in [-0.39, 0.29) is 55.6 Å². The first-order valence-corrected chi connectivity index (χ1v) is 13.7. The predicted octanol–water partition coefficient (Wildman–Crippen LogP) is 6.79. The summed E-state index contributed by atoms with van der Waals surface area (Å²) in [7, 11) is 0. The lowest BCUT2D eigenvalue weighted by Gasteiger charge is -2.13. The Bertz CT molecular complexity index is 1590. The van der Waals surface area contributed by atoms with E-state index in [1.807, 2.05) is 6.92 Å². The Balaban J connectivity index is 1.43. The second-order valence-electron chi connectivity index (χ2n) is 8.62. The summed E-state index contributed by atoms with van der Waals surface area (Å²) in [6, 6.07) is 11.3. The van der Waals surface area contributed by atoms with Crippen LogP contribution in [0.2, 0.25) is 10.0 Å². The van der Waals surface area contributed by atoms with Crippen molar-refractivity contribution in [2.24, 2.45) is 0 Å². The lowest BCUT2D eigenvalue weighted by atomic mass is 10.1. The summed E-state index contributed by atoms with van der Waals surface area (Å²) in [6.07, 6.45) is 2.85. The summed E-state index contributed by atoms with van der Waals surface area (Å²) < 4.78 is 10.8. The molecule has 212 valence electrons. The maximum Gasteiger partial charge on any atom is 0.339 e. The number of hydrogen-bond acceptors (Lipinski definition) is 9. The average molecular weight is 618 g/mol. The van der Waals surface area contributed by atoms with E-state index in [0.29, 0.717) is 18.2 Å². The summed E-state index contributed by atoms with van der Waals surface area (Å²) in [4.78, 5) is 61.9. The quantitative estimate of drug-likeness (QED) is 0.0852. The van der Waals surface area contributed by atoms with Gasteiger partial charge in [-0.25, -0.2) is 4.79 Å². The molecular formula is C27H21Cl2N3O8S. The van der Waals surface area contributed by atoms with Crippen molar-refractivity contribution in [3.05, 3.63) is 84.9 Å². The summed E-state index contributed by atoms with van der Waals surface area (Å²) in [6.45, 7) is 1.60. The van der Waals surface area contributed by atoms with Gasteiger partial charge in [-0.3, -0.25) is 29.4 Å². The zero-order valence-electron chi connectivity index (χ0n) is 21.3. The third-order valence-electron chi connectivity index (χ3n) is 5.70. The second-order valence-corrected chi connectivity index (χ2v) is 10.5. The highest BCUT2D eigenvalue weighted by molar-refractivity contribution is 8.18. The number of amides is 3. The Kier molecular flexibility index (Phi) is 9.48. The molecule has 0 aliphatic carbocycles. The van der Waals surface area contributed by atoms with Crippen molar-refractivity contribution < 1.29 is 33.3 Å². The minimum absolute atomic E-state index is 0.00194. The monoisotopic (exact) mass is 617 g/mol. The van der Waals surface area contributed by atoms with E-state index in [4.69, 9.17) is 32.4 Å². The van der Waals surface area contributed by atoms with Crippen LogP contribution in [0.4, 0.5) is 16.2 Å². The molecule has 1 aliphatic rings. The van der Waals surface area contributed by atoms with Gasteiger partial charge in [0.15, 0.2) is 0 Å². The van der Waals surface area contributed by atoms with Gasteiger partial charge >= 0.3 is 5.97 Å². The fraction of sp³-hybridized carbons (Fsp3) is 0.185. The number of rotatable bonds is 10. The molecular weight excluding hydrogens is 597 g/mol. The molecule has 41 heavy (non-hydrogen) atoms. The molecule has 4 rings (SSSR count). The third kappa shape index (κ3) is 7.15. The van der Waals surface area contributed by atoms with E-state index < -0.39 is 34.5 Å². The summed E-state index contributed by atoms with van der Waals surface area (Å²) in [5, 5.41) is 13.6. The zero-order chi connectivity index (χ0) is 29.7. The molecule has 2 aromatic carbocycles. The number of hydrogen-bond donors (Lipinski definition) is 1. The van der Waals surface area contributed by atoms with E-state index in [1.54, 1.807) is 0 Å². The number of nitrogens with one attached hydrogen (secondary N) is 1. The number of thioether (sulfide) groups is 1. The van der Waals surface area contributed by atoms with Crippen molar-refractivity contribution in [1.82, 2.24) is 4.90 Å². The van der Waals surface area contributed by atoms with Gasteiger partial charge < -0.3 is 14.5 Å². The van der Waals surface area contributed by atoms with Gasteiger partial charge in [0.05, 0.1) is 32.6 Å². The number of furan rings is 1. The number of carbonyl (C=O) groups excluding carboxylic acids is 4. The number of carbonyl (C=O) groups is 4. The average Bonchev–Trinajstić information content (AvgIpc) is 3.49. The first kappa shape index (κ1) is 29.8. The number of anilines is 1. The van der Waals surface area contributed by atoms with Gasteiger partial charge in [-0.1, -0.05) is 36.5 Å². The highest BCUT2D eigenvalue weighted by atomic mass is 35.5. The van der Waals surface area contributed by atoms with E-state index in [2.05, 4.69) is 5.32 Å². The third-order valence-corrected chi connectivity index (χ3v) is 7.17. The Hall–Kier alpha value is -4.13. The van der Waals surface area contributed by atoms with E-state index in [9.17, 15) is 29.3 Å². The molecule has 1 aliphatic heterocycles. The van der Waals surface area contributed by atoms with Crippen molar-refractivity contribution in [2.75, 3.05) is 18.5 Å². The number of benzene rings is 2. The molecule has 2 heterocycles. The van der Waals surface area contributed by atoms with Gasteiger partial charge in [0, 0.05) is 22.9 Å². The Morgan fingerprint density at radius 3 is 2.66 bits per heavy atom. The van der Waals surface area contributed by atoms with Crippen LogP contribution in [0.3, 0.4) is 0 Å². The maximum atomic E-state index is 12.9. The van der Waals surface area contributed by atoms with Crippen LogP contribution in [0.5, 0.6) is 0 Å². The number of imide groups is 1.